The second-order valence-electron chi connectivity index (χ2n) is 20.2. The largest absolute Gasteiger partial charge is 0.462 e. The van der Waals surface area contributed by atoms with E-state index in [0.717, 1.165) is 116 Å². The highest BCUT2D eigenvalue weighted by molar-refractivity contribution is 5.71. The van der Waals surface area contributed by atoms with Crippen LogP contribution in [0.3, 0.4) is 0 Å². The van der Waals surface area contributed by atoms with E-state index in [0.29, 0.717) is 19.3 Å². The Bertz CT molecular complexity index is 1440. The average Bonchev–Trinajstić information content (AvgIpc) is 3.39. The molecule has 73 heavy (non-hydrogen) atoms. The molecule has 0 amide bonds. The number of unbranched alkanes of at least 4 members (excludes halogenated alkanes) is 28. The lowest BCUT2D eigenvalue weighted by atomic mass is 10.1. The van der Waals surface area contributed by atoms with E-state index in [9.17, 15) is 14.4 Å². The van der Waals surface area contributed by atoms with Crippen molar-refractivity contribution in [3.8, 4) is 0 Å². The summed E-state index contributed by atoms with van der Waals surface area (Å²) in [5.41, 5.74) is 0. The first-order valence-corrected chi connectivity index (χ1v) is 30.7. The third-order valence-corrected chi connectivity index (χ3v) is 13.0. The molecule has 0 N–H and O–H groups in total. The predicted octanol–water partition coefficient (Wildman–Crippen LogP) is 20.9. The second-order valence-corrected chi connectivity index (χ2v) is 20.2. The maximum atomic E-state index is 12.9. The normalized spacial score (nSPS) is 12.8. The van der Waals surface area contributed by atoms with Gasteiger partial charge in [0.25, 0.3) is 0 Å². The summed E-state index contributed by atoms with van der Waals surface area (Å²) in [5.74, 6) is -0.903. The van der Waals surface area contributed by atoms with Crippen LogP contribution in [-0.4, -0.2) is 37.2 Å². The fourth-order valence-electron chi connectivity index (χ4n) is 8.44. The van der Waals surface area contributed by atoms with Crippen LogP contribution in [0.25, 0.3) is 0 Å². The van der Waals surface area contributed by atoms with Gasteiger partial charge < -0.3 is 14.2 Å². The molecular weight excluding hydrogens is 901 g/mol. The van der Waals surface area contributed by atoms with Crippen LogP contribution < -0.4 is 0 Å². The Balaban J connectivity index is 4.34. The standard InChI is InChI=1S/C67H114O6/c1-4-7-10-13-16-19-22-25-27-29-31-32-33-34-35-36-37-39-40-42-45-48-51-54-57-60-66(69)72-63-64(62-71-65(68)59-56-53-50-47-44-24-21-18-15-12-9-6-3)73-67(70)61-58-55-52-49-46-43-41-38-30-28-26-23-20-17-14-11-8-5-2/h7,10,16,18-21,23,25,27-28,30-32,34-35,64H,4-6,8-9,11-15,17,22,24,26,29,33,36-63H2,1-3H3/b10-7-,19-16-,21-18-,23-20-,27-25-,30-28-,32-31-,35-34-. The fraction of sp³-hybridized carbons (Fsp3) is 0.716. The van der Waals surface area contributed by atoms with Crippen LogP contribution in [0.15, 0.2) is 97.2 Å². The van der Waals surface area contributed by atoms with Gasteiger partial charge in [-0.15, -0.1) is 0 Å². The van der Waals surface area contributed by atoms with Gasteiger partial charge in [0.05, 0.1) is 0 Å². The van der Waals surface area contributed by atoms with E-state index in [1.807, 2.05) is 0 Å². The molecule has 0 aliphatic heterocycles. The van der Waals surface area contributed by atoms with Crippen molar-refractivity contribution < 1.29 is 28.6 Å². The minimum Gasteiger partial charge on any atom is -0.462 e. The van der Waals surface area contributed by atoms with Crippen LogP contribution in [0.4, 0.5) is 0 Å². The molecule has 1 unspecified atom stereocenters. The summed E-state index contributed by atoms with van der Waals surface area (Å²) < 4.78 is 16.9. The van der Waals surface area contributed by atoms with E-state index in [1.54, 1.807) is 0 Å². The van der Waals surface area contributed by atoms with Gasteiger partial charge in [-0.25, -0.2) is 0 Å². The minimum atomic E-state index is -0.789. The van der Waals surface area contributed by atoms with Gasteiger partial charge in [-0.2, -0.15) is 0 Å². The summed E-state index contributed by atoms with van der Waals surface area (Å²) in [4.78, 5) is 38.2. The number of hydrogen-bond acceptors (Lipinski definition) is 6. The summed E-state index contributed by atoms with van der Waals surface area (Å²) in [7, 11) is 0. The van der Waals surface area contributed by atoms with Crippen LogP contribution in [-0.2, 0) is 28.6 Å². The van der Waals surface area contributed by atoms with Crippen molar-refractivity contribution in [1.82, 2.24) is 0 Å². The monoisotopic (exact) mass is 1010 g/mol. The molecule has 0 radical (unpaired) electrons. The van der Waals surface area contributed by atoms with Crippen molar-refractivity contribution in [3.05, 3.63) is 97.2 Å². The zero-order chi connectivity index (χ0) is 52.9. The van der Waals surface area contributed by atoms with E-state index >= 15 is 0 Å². The molecule has 1 atom stereocenters. The predicted molar refractivity (Wildman–Crippen MR) is 316 cm³/mol. The Morgan fingerprint density at radius 3 is 0.877 bits per heavy atom. The number of hydrogen-bond donors (Lipinski definition) is 0. The summed E-state index contributed by atoms with van der Waals surface area (Å²) in [5, 5.41) is 0. The lowest BCUT2D eigenvalue weighted by Gasteiger charge is -2.18. The van der Waals surface area contributed by atoms with Crippen molar-refractivity contribution >= 4 is 17.9 Å². The summed E-state index contributed by atoms with van der Waals surface area (Å²) in [6, 6.07) is 0. The maximum absolute atomic E-state index is 12.9. The van der Waals surface area contributed by atoms with Gasteiger partial charge in [-0.05, 0) is 122 Å². The van der Waals surface area contributed by atoms with Crippen molar-refractivity contribution in [2.24, 2.45) is 0 Å². The number of carbonyl (C=O) groups is 3. The highest BCUT2D eigenvalue weighted by atomic mass is 16.6. The van der Waals surface area contributed by atoms with Gasteiger partial charge in [-0.3, -0.25) is 14.4 Å². The fourth-order valence-corrected chi connectivity index (χ4v) is 8.44. The number of allylic oxidation sites excluding steroid dienone is 16. The molecule has 0 saturated heterocycles. The molecule has 0 heterocycles. The molecule has 0 aromatic carbocycles. The van der Waals surface area contributed by atoms with Crippen molar-refractivity contribution in [2.45, 2.75) is 297 Å². The lowest BCUT2D eigenvalue weighted by Crippen LogP contribution is -2.30. The van der Waals surface area contributed by atoms with Crippen molar-refractivity contribution in [3.63, 3.8) is 0 Å². The van der Waals surface area contributed by atoms with E-state index < -0.39 is 6.10 Å². The van der Waals surface area contributed by atoms with Crippen LogP contribution in [0.5, 0.6) is 0 Å². The van der Waals surface area contributed by atoms with Gasteiger partial charge in [0.2, 0.25) is 0 Å². The van der Waals surface area contributed by atoms with Gasteiger partial charge in [0.15, 0.2) is 6.10 Å². The van der Waals surface area contributed by atoms with E-state index in [-0.39, 0.29) is 31.1 Å². The Morgan fingerprint density at radius 1 is 0.288 bits per heavy atom. The van der Waals surface area contributed by atoms with E-state index in [4.69, 9.17) is 14.2 Å². The second kappa shape index (κ2) is 60.9. The average molecular weight is 1020 g/mol. The summed E-state index contributed by atoms with van der Waals surface area (Å²) in [6.07, 6.45) is 81.1. The molecule has 6 heteroatoms. The van der Waals surface area contributed by atoms with Crippen LogP contribution in [0.1, 0.15) is 290 Å². The maximum Gasteiger partial charge on any atom is 0.306 e. The summed E-state index contributed by atoms with van der Waals surface area (Å²) >= 11 is 0. The SMILES string of the molecule is CC/C=C\C/C=C\C/C=C\C/C=C\C/C=C\CCCCCCCCCCCC(=O)OCC(COC(=O)CCCCCCC/C=C\CCCCC)OC(=O)CCCCCCCCC/C=C\C/C=C\CCCCCC. The Morgan fingerprint density at radius 2 is 0.534 bits per heavy atom. The smallest absolute Gasteiger partial charge is 0.306 e. The zero-order valence-electron chi connectivity index (χ0n) is 47.9. The molecule has 418 valence electrons. The van der Waals surface area contributed by atoms with Gasteiger partial charge in [0.1, 0.15) is 13.2 Å². The Labute approximate surface area is 451 Å². The highest BCUT2D eigenvalue weighted by Crippen LogP contribution is 2.15. The van der Waals surface area contributed by atoms with Gasteiger partial charge in [-0.1, -0.05) is 246 Å². The van der Waals surface area contributed by atoms with Crippen molar-refractivity contribution in [2.75, 3.05) is 13.2 Å². The van der Waals surface area contributed by atoms with Crippen LogP contribution in [0, 0.1) is 0 Å². The molecule has 0 aromatic heterocycles. The lowest BCUT2D eigenvalue weighted by molar-refractivity contribution is -0.167. The quantitative estimate of drug-likeness (QED) is 0.0261. The van der Waals surface area contributed by atoms with Crippen LogP contribution >= 0.6 is 0 Å². The molecule has 0 aromatic rings. The summed E-state index contributed by atoms with van der Waals surface area (Å²) in [6.45, 7) is 6.48. The molecule has 0 aliphatic carbocycles. The molecule has 0 aliphatic rings. The third kappa shape index (κ3) is 59.1. The minimum absolute atomic E-state index is 0.0863. The van der Waals surface area contributed by atoms with Crippen LogP contribution in [0.2, 0.25) is 0 Å². The molecular formula is C67H114O6. The highest BCUT2D eigenvalue weighted by Gasteiger charge is 2.19. The first-order chi connectivity index (χ1) is 36.0. The number of ether oxygens (including phenoxy) is 3. The first-order valence-electron chi connectivity index (χ1n) is 30.7. The molecule has 0 saturated carbocycles. The van der Waals surface area contributed by atoms with Gasteiger partial charge in [0, 0.05) is 19.3 Å². The Hall–Kier alpha value is -3.67. The molecule has 0 fully saturated rings. The van der Waals surface area contributed by atoms with Gasteiger partial charge >= 0.3 is 17.9 Å². The number of carbonyl (C=O) groups excluding carboxylic acids is 3. The molecule has 0 spiro atoms. The number of esters is 3. The molecule has 6 nitrogen and oxygen atoms in total. The first kappa shape index (κ1) is 69.3. The zero-order valence-corrected chi connectivity index (χ0v) is 47.9. The van der Waals surface area contributed by atoms with E-state index in [1.165, 1.54) is 135 Å². The van der Waals surface area contributed by atoms with E-state index in [2.05, 4.69) is 118 Å². The Kier molecular flexibility index (Phi) is 57.8. The van der Waals surface area contributed by atoms with Crippen molar-refractivity contribution in [1.29, 1.82) is 0 Å². The molecule has 0 rings (SSSR count). The number of rotatable bonds is 55. The molecule has 0 bridgehead atoms. The topological polar surface area (TPSA) is 78.9 Å². The third-order valence-electron chi connectivity index (χ3n) is 13.0.